The zero-order chi connectivity index (χ0) is 28.1. The highest BCUT2D eigenvalue weighted by Crippen LogP contribution is 2.36. The second kappa shape index (κ2) is 16.0. The van der Waals surface area contributed by atoms with Crippen LogP contribution >= 0.6 is 0 Å². The molecule has 0 aliphatic heterocycles. The van der Waals surface area contributed by atoms with Crippen LogP contribution in [0, 0.1) is 17.8 Å². The van der Waals surface area contributed by atoms with Crippen molar-refractivity contribution < 1.29 is 38.5 Å². The Morgan fingerprint density at radius 3 is 1.86 bits per heavy atom. The number of benzene rings is 1. The van der Waals surface area contributed by atoms with Crippen molar-refractivity contribution in [3.63, 3.8) is 0 Å². The number of nitrogens with two attached hydrogens (primary N) is 1. The Balaban J connectivity index is 3.32. The van der Waals surface area contributed by atoms with Crippen molar-refractivity contribution in [2.24, 2.45) is 23.5 Å². The monoisotopic (exact) mass is 521 g/mol. The first-order chi connectivity index (χ1) is 17.3. The van der Waals surface area contributed by atoms with Crippen LogP contribution in [0.5, 0.6) is 11.5 Å². The van der Waals surface area contributed by atoms with Gasteiger partial charge in [0.2, 0.25) is 0 Å². The van der Waals surface area contributed by atoms with E-state index in [-0.39, 0.29) is 43.3 Å². The normalized spacial score (nSPS) is 13.6. The van der Waals surface area contributed by atoms with Crippen LogP contribution in [-0.4, -0.2) is 41.6 Å². The third-order valence-electron chi connectivity index (χ3n) is 5.90. The van der Waals surface area contributed by atoms with Crippen LogP contribution in [-0.2, 0) is 23.9 Å². The summed E-state index contributed by atoms with van der Waals surface area (Å²) in [6.45, 7) is 11.5. The number of rotatable bonds is 16. The maximum Gasteiger partial charge on any atom is 0.321 e. The van der Waals surface area contributed by atoms with Gasteiger partial charge in [0.25, 0.3) is 0 Å². The van der Waals surface area contributed by atoms with E-state index >= 15 is 0 Å². The lowest BCUT2D eigenvalue weighted by Gasteiger charge is -2.28. The molecule has 0 spiro atoms. The van der Waals surface area contributed by atoms with E-state index in [9.17, 15) is 24.3 Å². The summed E-state index contributed by atoms with van der Waals surface area (Å²) in [4.78, 5) is 48.6. The molecule has 1 rings (SSSR count). The highest BCUT2D eigenvalue weighted by molar-refractivity contribution is 5.77. The number of hydrogen-bond acceptors (Lipinski definition) is 8. The summed E-state index contributed by atoms with van der Waals surface area (Å²) >= 11 is 0. The van der Waals surface area contributed by atoms with Crippen LogP contribution in [0.25, 0.3) is 0 Å². The van der Waals surface area contributed by atoms with Crippen LogP contribution < -0.4 is 15.2 Å². The number of carboxylic acid groups (broad SMARTS) is 1. The van der Waals surface area contributed by atoms with Crippen LogP contribution in [0.3, 0.4) is 0 Å². The van der Waals surface area contributed by atoms with Crippen molar-refractivity contribution in [1.29, 1.82) is 0 Å². The fraction of sp³-hybridized carbons (Fsp3) is 0.643. The van der Waals surface area contributed by atoms with Gasteiger partial charge in [0.1, 0.15) is 6.04 Å². The number of hydrogen-bond donors (Lipinski definition) is 2. The predicted octanol–water partition coefficient (Wildman–Crippen LogP) is 4.84. The molecule has 1 aromatic carbocycles. The molecule has 208 valence electrons. The molecule has 0 aromatic heterocycles. The Labute approximate surface area is 220 Å². The molecule has 0 saturated carbocycles. The molecule has 0 radical (unpaired) electrons. The Morgan fingerprint density at radius 2 is 1.38 bits per heavy atom. The maximum absolute atomic E-state index is 12.5. The van der Waals surface area contributed by atoms with Gasteiger partial charge in [-0.2, -0.15) is 0 Å². The summed E-state index contributed by atoms with van der Waals surface area (Å²) in [5.74, 6) is -3.10. The number of carbonyl (C=O) groups is 4. The van der Waals surface area contributed by atoms with E-state index in [1.54, 1.807) is 13.0 Å². The molecule has 1 aromatic rings. The van der Waals surface area contributed by atoms with E-state index in [2.05, 4.69) is 0 Å². The number of carbonyl (C=O) groups excluding carboxylic acids is 3. The largest absolute Gasteiger partial charge is 0.480 e. The summed E-state index contributed by atoms with van der Waals surface area (Å²) in [5, 5.41) is 9.65. The molecule has 9 heteroatoms. The summed E-state index contributed by atoms with van der Waals surface area (Å²) in [6, 6.07) is 3.24. The molecule has 0 bridgehead atoms. The molecular weight excluding hydrogens is 478 g/mol. The van der Waals surface area contributed by atoms with Gasteiger partial charge < -0.3 is 25.1 Å². The molecule has 0 saturated heterocycles. The lowest BCUT2D eigenvalue weighted by molar-refractivity contribution is -0.145. The van der Waals surface area contributed by atoms with Gasteiger partial charge >= 0.3 is 23.9 Å². The van der Waals surface area contributed by atoms with Crippen molar-refractivity contribution in [3.05, 3.63) is 23.8 Å². The summed E-state index contributed by atoms with van der Waals surface area (Å²) in [7, 11) is 0. The lowest BCUT2D eigenvalue weighted by atomic mass is 9.82. The fourth-order valence-corrected chi connectivity index (χ4v) is 3.70. The molecular formula is C28H43NO8. The molecule has 0 aliphatic rings. The topological polar surface area (TPSA) is 142 Å². The molecule has 0 heterocycles. The van der Waals surface area contributed by atoms with E-state index in [0.717, 1.165) is 0 Å². The molecule has 3 N–H and O–H groups in total. The first-order valence-corrected chi connectivity index (χ1v) is 13.0. The zero-order valence-corrected chi connectivity index (χ0v) is 23.0. The number of carboxylic acids is 1. The Bertz CT molecular complexity index is 911. The van der Waals surface area contributed by atoms with E-state index in [4.69, 9.17) is 19.9 Å². The van der Waals surface area contributed by atoms with Crippen LogP contribution in [0.2, 0.25) is 0 Å². The highest BCUT2D eigenvalue weighted by atomic mass is 16.6. The SMILES string of the molecule is CCCC(=O)OCC(C)C(c1ccc(OC(=O)CCC(C)C)c(OC(=O)CCC(C)C)c1)[C@H](N)C(=O)O. The van der Waals surface area contributed by atoms with Gasteiger partial charge in [-0.05, 0) is 54.7 Å². The van der Waals surface area contributed by atoms with Crippen LogP contribution in [0.4, 0.5) is 0 Å². The molecule has 0 amide bonds. The highest BCUT2D eigenvalue weighted by Gasteiger charge is 2.32. The number of ether oxygens (including phenoxy) is 3. The van der Waals surface area contributed by atoms with Gasteiger partial charge in [-0.1, -0.05) is 47.6 Å². The Kier molecular flexibility index (Phi) is 13.9. The van der Waals surface area contributed by atoms with Crippen molar-refractivity contribution in [2.75, 3.05) is 6.61 Å². The zero-order valence-electron chi connectivity index (χ0n) is 23.0. The van der Waals surface area contributed by atoms with Gasteiger partial charge in [0.05, 0.1) is 6.61 Å². The minimum Gasteiger partial charge on any atom is -0.480 e. The second-order valence-electron chi connectivity index (χ2n) is 10.3. The lowest BCUT2D eigenvalue weighted by Crippen LogP contribution is -2.40. The summed E-state index contributed by atoms with van der Waals surface area (Å²) in [6.07, 6.45) is 2.53. The van der Waals surface area contributed by atoms with E-state index in [1.807, 2.05) is 34.6 Å². The standard InChI is InChI=1S/C28H43NO8/c1-7-8-23(30)35-16-19(6)26(27(29)28(33)34)20-11-12-21(36-24(31)13-9-17(2)3)22(15-20)37-25(32)14-10-18(4)5/h11-12,15,17-19,26-27H,7-10,13-14,16,29H2,1-6H3,(H,33,34)/t19?,26?,27-/m0/s1. The average molecular weight is 522 g/mol. The summed E-state index contributed by atoms with van der Waals surface area (Å²) in [5.41, 5.74) is 6.51. The minimum atomic E-state index is -1.32. The third kappa shape index (κ3) is 11.8. The Hall–Kier alpha value is -2.94. The maximum atomic E-state index is 12.5. The van der Waals surface area contributed by atoms with Crippen LogP contribution in [0.1, 0.15) is 91.5 Å². The van der Waals surface area contributed by atoms with Crippen molar-refractivity contribution in [2.45, 2.75) is 92.0 Å². The average Bonchev–Trinajstić information content (AvgIpc) is 2.81. The molecule has 0 fully saturated rings. The number of aliphatic carboxylic acids is 1. The van der Waals surface area contributed by atoms with Crippen molar-refractivity contribution in [1.82, 2.24) is 0 Å². The smallest absolute Gasteiger partial charge is 0.321 e. The molecule has 37 heavy (non-hydrogen) atoms. The second-order valence-corrected chi connectivity index (χ2v) is 10.3. The quantitative estimate of drug-likeness (QED) is 0.231. The fourth-order valence-electron chi connectivity index (χ4n) is 3.70. The van der Waals surface area contributed by atoms with Gasteiger partial charge in [0, 0.05) is 25.2 Å². The summed E-state index contributed by atoms with van der Waals surface area (Å²) < 4.78 is 16.4. The molecule has 9 nitrogen and oxygen atoms in total. The van der Waals surface area contributed by atoms with E-state index in [1.165, 1.54) is 12.1 Å². The van der Waals surface area contributed by atoms with Gasteiger partial charge in [0.15, 0.2) is 11.5 Å². The van der Waals surface area contributed by atoms with E-state index < -0.39 is 35.8 Å². The van der Waals surface area contributed by atoms with Crippen molar-refractivity contribution in [3.8, 4) is 11.5 Å². The molecule has 3 atom stereocenters. The molecule has 0 aliphatic carbocycles. The van der Waals surface area contributed by atoms with Gasteiger partial charge in [-0.3, -0.25) is 19.2 Å². The minimum absolute atomic E-state index is 0.0157. The predicted molar refractivity (Wildman–Crippen MR) is 139 cm³/mol. The first kappa shape index (κ1) is 32.1. The third-order valence-corrected chi connectivity index (χ3v) is 5.90. The van der Waals surface area contributed by atoms with Gasteiger partial charge in [-0.15, -0.1) is 0 Å². The van der Waals surface area contributed by atoms with Gasteiger partial charge in [-0.25, -0.2) is 0 Å². The molecule has 2 unspecified atom stereocenters. The first-order valence-electron chi connectivity index (χ1n) is 13.0. The Morgan fingerprint density at radius 1 is 0.838 bits per heavy atom. The number of esters is 3. The van der Waals surface area contributed by atoms with Crippen molar-refractivity contribution >= 4 is 23.9 Å². The van der Waals surface area contributed by atoms with Crippen LogP contribution in [0.15, 0.2) is 18.2 Å². The van der Waals surface area contributed by atoms with E-state index in [0.29, 0.717) is 36.7 Å².